The summed E-state index contributed by atoms with van der Waals surface area (Å²) in [5, 5.41) is 10.7. The van der Waals surface area contributed by atoms with Crippen LogP contribution in [0.5, 0.6) is 17.2 Å². The third kappa shape index (κ3) is 3.60. The van der Waals surface area contributed by atoms with Gasteiger partial charge in [-0.25, -0.2) is 0 Å². The van der Waals surface area contributed by atoms with Crippen LogP contribution in [0.2, 0.25) is 0 Å². The topological polar surface area (TPSA) is 61.7 Å². The fraction of sp³-hybridized carbons (Fsp3) is 0.267. The number of para-hydroxylation sites is 1. The molecule has 180 valence electrons. The van der Waals surface area contributed by atoms with Crippen LogP contribution in [0, 0.1) is 0 Å². The number of aromatic nitrogens is 2. The van der Waals surface area contributed by atoms with E-state index in [-0.39, 0.29) is 5.75 Å². The maximum atomic E-state index is 10.7. The van der Waals surface area contributed by atoms with Gasteiger partial charge in [0.2, 0.25) is 0 Å². The van der Waals surface area contributed by atoms with Crippen molar-refractivity contribution in [2.45, 2.75) is 50.4 Å². The van der Waals surface area contributed by atoms with E-state index < -0.39 is 0 Å². The quantitative estimate of drug-likeness (QED) is 0.374. The molecule has 5 heterocycles. The minimum atomic E-state index is 0.174. The predicted octanol–water partition coefficient (Wildman–Crippen LogP) is 6.29. The Balaban J connectivity index is 1.24. The molecule has 1 N–H and O–H groups in total. The average Bonchev–Trinajstić information content (AvgIpc) is 3.14. The first kappa shape index (κ1) is 21.4. The van der Waals surface area contributed by atoms with Gasteiger partial charge in [-0.15, -0.1) is 0 Å². The van der Waals surface area contributed by atoms with Crippen molar-refractivity contribution in [3.8, 4) is 28.4 Å². The van der Waals surface area contributed by atoms with Gasteiger partial charge in [-0.1, -0.05) is 18.2 Å². The third-order valence-corrected chi connectivity index (χ3v) is 7.97. The minimum absolute atomic E-state index is 0.174. The van der Waals surface area contributed by atoms with Crippen molar-refractivity contribution in [1.82, 2.24) is 14.9 Å². The largest absolute Gasteiger partial charge is 0.504 e. The van der Waals surface area contributed by atoms with E-state index in [0.29, 0.717) is 23.9 Å². The molecule has 2 bridgehead atoms. The highest BCUT2D eigenvalue weighted by molar-refractivity contribution is 5.83. The second kappa shape index (κ2) is 8.64. The van der Waals surface area contributed by atoms with E-state index in [2.05, 4.69) is 56.2 Å². The Kier molecular flexibility index (Phi) is 5.13. The van der Waals surface area contributed by atoms with Crippen molar-refractivity contribution in [3.05, 3.63) is 91.0 Å². The summed E-state index contributed by atoms with van der Waals surface area (Å²) in [5.74, 6) is 1.50. The number of phenols is 1. The standard InChI is InChI=1S/C30H28N4O2/c35-28-6-3-5-27-30(28)36-29-16-21(20-11-14-31-15-12-20)7-10-26(29)34(27)25-17-23-8-9-24(18-25)33(23)19-22-4-1-2-13-32-22/h1-7,10-16,23-25,35H,8-9,17-19H2. The van der Waals surface area contributed by atoms with Crippen LogP contribution in [0.3, 0.4) is 0 Å². The van der Waals surface area contributed by atoms with Gasteiger partial charge >= 0.3 is 0 Å². The van der Waals surface area contributed by atoms with Gasteiger partial charge in [-0.05, 0) is 85.3 Å². The molecule has 2 aromatic heterocycles. The summed E-state index contributed by atoms with van der Waals surface area (Å²) >= 11 is 0. The fourth-order valence-corrected chi connectivity index (χ4v) is 6.35. The maximum Gasteiger partial charge on any atom is 0.192 e. The van der Waals surface area contributed by atoms with Gasteiger partial charge in [0.05, 0.1) is 17.1 Å². The minimum Gasteiger partial charge on any atom is -0.504 e. The number of pyridine rings is 2. The second-order valence-corrected chi connectivity index (χ2v) is 10.0. The Hall–Kier alpha value is -3.90. The molecule has 0 saturated carbocycles. The lowest BCUT2D eigenvalue weighted by atomic mass is 9.93. The molecule has 2 fully saturated rings. The van der Waals surface area contributed by atoms with Crippen LogP contribution >= 0.6 is 0 Å². The zero-order valence-corrected chi connectivity index (χ0v) is 20.0. The van der Waals surface area contributed by atoms with Crippen LogP contribution < -0.4 is 9.64 Å². The number of hydrogen-bond donors (Lipinski definition) is 1. The summed E-state index contributed by atoms with van der Waals surface area (Å²) in [6.07, 6.45) is 10.1. The van der Waals surface area contributed by atoms with Crippen molar-refractivity contribution in [1.29, 1.82) is 0 Å². The first-order valence-electron chi connectivity index (χ1n) is 12.7. The molecular formula is C30H28N4O2. The van der Waals surface area contributed by atoms with Gasteiger partial charge in [0, 0.05) is 43.3 Å². The molecule has 36 heavy (non-hydrogen) atoms. The molecule has 3 aliphatic rings. The van der Waals surface area contributed by atoms with Crippen molar-refractivity contribution < 1.29 is 9.84 Å². The van der Waals surface area contributed by atoms with Crippen LogP contribution in [-0.2, 0) is 6.54 Å². The molecule has 2 atom stereocenters. The number of piperidine rings is 1. The van der Waals surface area contributed by atoms with E-state index in [1.165, 1.54) is 12.8 Å². The number of aromatic hydroxyl groups is 1. The molecule has 2 saturated heterocycles. The Labute approximate surface area is 210 Å². The van der Waals surface area contributed by atoms with Crippen molar-refractivity contribution in [3.63, 3.8) is 0 Å². The van der Waals surface area contributed by atoms with E-state index in [1.54, 1.807) is 18.5 Å². The van der Waals surface area contributed by atoms with Gasteiger partial charge in [-0.3, -0.25) is 14.9 Å². The fourth-order valence-electron chi connectivity index (χ4n) is 6.35. The highest BCUT2D eigenvalue weighted by Gasteiger charge is 2.44. The Morgan fingerprint density at radius 1 is 0.806 bits per heavy atom. The van der Waals surface area contributed by atoms with Gasteiger partial charge in [-0.2, -0.15) is 0 Å². The van der Waals surface area contributed by atoms with Crippen LogP contribution in [0.25, 0.3) is 11.1 Å². The van der Waals surface area contributed by atoms with E-state index in [0.717, 1.165) is 53.3 Å². The third-order valence-electron chi connectivity index (χ3n) is 7.97. The van der Waals surface area contributed by atoms with E-state index in [4.69, 9.17) is 4.74 Å². The van der Waals surface area contributed by atoms with Gasteiger partial charge < -0.3 is 14.7 Å². The molecule has 4 aromatic rings. The number of phenolic OH excluding ortho intramolecular Hbond substituents is 1. The van der Waals surface area contributed by atoms with Crippen molar-refractivity contribution in [2.75, 3.05) is 4.90 Å². The highest BCUT2D eigenvalue weighted by Crippen LogP contribution is 2.54. The summed E-state index contributed by atoms with van der Waals surface area (Å²) in [7, 11) is 0. The van der Waals surface area contributed by atoms with Crippen LogP contribution in [0.15, 0.2) is 85.3 Å². The molecule has 3 aliphatic heterocycles. The smallest absolute Gasteiger partial charge is 0.192 e. The Morgan fingerprint density at radius 3 is 2.42 bits per heavy atom. The first-order valence-corrected chi connectivity index (χ1v) is 12.7. The van der Waals surface area contributed by atoms with Crippen LogP contribution in [0.1, 0.15) is 31.4 Å². The lowest BCUT2D eigenvalue weighted by Gasteiger charge is -2.46. The van der Waals surface area contributed by atoms with Crippen molar-refractivity contribution in [2.24, 2.45) is 0 Å². The van der Waals surface area contributed by atoms with E-state index in [9.17, 15) is 5.11 Å². The van der Waals surface area contributed by atoms with Crippen LogP contribution in [-0.4, -0.2) is 38.1 Å². The molecule has 0 aliphatic carbocycles. The highest BCUT2D eigenvalue weighted by atomic mass is 16.5. The van der Waals surface area contributed by atoms with Gasteiger partial charge in [0.15, 0.2) is 17.2 Å². The lowest BCUT2D eigenvalue weighted by Crippen LogP contribution is -2.49. The molecule has 0 radical (unpaired) electrons. The number of rotatable bonds is 4. The average molecular weight is 477 g/mol. The van der Waals surface area contributed by atoms with E-state index >= 15 is 0 Å². The normalized spacial score (nSPS) is 22.6. The van der Waals surface area contributed by atoms with Gasteiger partial charge in [0.25, 0.3) is 0 Å². The molecule has 0 amide bonds. The maximum absolute atomic E-state index is 10.7. The first-order chi connectivity index (χ1) is 17.7. The second-order valence-electron chi connectivity index (χ2n) is 10.0. The number of fused-ring (bicyclic) bond motifs is 4. The summed E-state index contributed by atoms with van der Waals surface area (Å²) < 4.78 is 6.33. The molecule has 2 aromatic carbocycles. The number of anilines is 2. The molecule has 6 heteroatoms. The Morgan fingerprint density at radius 2 is 1.64 bits per heavy atom. The molecule has 2 unspecified atom stereocenters. The predicted molar refractivity (Wildman–Crippen MR) is 140 cm³/mol. The zero-order chi connectivity index (χ0) is 24.1. The van der Waals surface area contributed by atoms with Crippen molar-refractivity contribution >= 4 is 11.4 Å². The number of hydrogen-bond acceptors (Lipinski definition) is 6. The summed E-state index contributed by atoms with van der Waals surface area (Å²) in [6.45, 7) is 0.912. The zero-order valence-electron chi connectivity index (χ0n) is 20.0. The van der Waals surface area contributed by atoms with Crippen LogP contribution in [0.4, 0.5) is 11.4 Å². The number of ether oxygens (including phenoxy) is 1. The summed E-state index contributed by atoms with van der Waals surface area (Å²) in [6, 6.07) is 23.7. The number of nitrogens with zero attached hydrogens (tertiary/aromatic N) is 4. The molecular weight excluding hydrogens is 448 g/mol. The summed E-state index contributed by atoms with van der Waals surface area (Å²) in [4.78, 5) is 13.8. The monoisotopic (exact) mass is 476 g/mol. The molecule has 0 spiro atoms. The summed E-state index contributed by atoms with van der Waals surface area (Å²) in [5.41, 5.74) is 5.31. The van der Waals surface area contributed by atoms with E-state index in [1.807, 2.05) is 30.5 Å². The molecule has 7 rings (SSSR count). The molecule has 6 nitrogen and oxygen atoms in total. The van der Waals surface area contributed by atoms with Gasteiger partial charge in [0.1, 0.15) is 0 Å². The SMILES string of the molecule is Oc1cccc2c1Oc1cc(-c3ccncc3)ccc1N2C1CC2CCC(C1)N2Cc1ccccn1. The lowest BCUT2D eigenvalue weighted by molar-refractivity contribution is 0.118. The Bertz CT molecular complexity index is 1380. The number of benzene rings is 2.